The SMILES string of the molecule is CC(CNCCCCc1ccccc1)NS(=O)(=O)c1ccc2cnccc2c1.Cl.Cl. The Balaban J connectivity index is 0.00000225. The van der Waals surface area contributed by atoms with Crippen molar-refractivity contribution in [3.8, 4) is 0 Å². The van der Waals surface area contributed by atoms with E-state index in [4.69, 9.17) is 0 Å². The molecule has 30 heavy (non-hydrogen) atoms. The third-order valence-corrected chi connectivity index (χ3v) is 6.23. The molecular weight excluding hydrogens is 441 g/mol. The number of nitrogens with one attached hydrogen (secondary N) is 2. The second-order valence-corrected chi connectivity index (χ2v) is 8.77. The summed E-state index contributed by atoms with van der Waals surface area (Å²) in [6.45, 7) is 3.35. The predicted octanol–water partition coefficient (Wildman–Crippen LogP) is 4.36. The third-order valence-electron chi connectivity index (χ3n) is 4.64. The molecule has 0 saturated carbocycles. The van der Waals surface area contributed by atoms with Gasteiger partial charge in [-0.2, -0.15) is 0 Å². The molecule has 0 saturated heterocycles. The number of sulfonamides is 1. The molecular formula is C22H29Cl2N3O2S. The lowest BCUT2D eigenvalue weighted by Gasteiger charge is -2.15. The number of unbranched alkanes of at least 4 members (excludes halogenated alkanes) is 1. The zero-order chi connectivity index (χ0) is 19.8. The topological polar surface area (TPSA) is 71.1 Å². The molecule has 1 heterocycles. The highest BCUT2D eigenvalue weighted by Crippen LogP contribution is 2.18. The highest BCUT2D eigenvalue weighted by atomic mass is 35.5. The molecule has 0 aliphatic rings. The molecule has 8 heteroatoms. The van der Waals surface area contributed by atoms with Crippen LogP contribution in [0.2, 0.25) is 0 Å². The zero-order valence-corrected chi connectivity index (χ0v) is 19.4. The molecule has 1 atom stereocenters. The number of fused-ring (bicyclic) bond motifs is 1. The Labute approximate surface area is 191 Å². The van der Waals surface area contributed by atoms with Gasteiger partial charge >= 0.3 is 0 Å². The van der Waals surface area contributed by atoms with Gasteiger partial charge in [-0.05, 0) is 61.9 Å². The summed E-state index contributed by atoms with van der Waals surface area (Å²) in [5, 5.41) is 5.13. The van der Waals surface area contributed by atoms with Gasteiger partial charge in [0.1, 0.15) is 0 Å². The van der Waals surface area contributed by atoms with Gasteiger partial charge in [0.05, 0.1) is 4.90 Å². The van der Waals surface area contributed by atoms with Crippen molar-refractivity contribution >= 4 is 45.6 Å². The summed E-state index contributed by atoms with van der Waals surface area (Å²) in [5.74, 6) is 0. The Morgan fingerprint density at radius 2 is 1.73 bits per heavy atom. The number of aromatic nitrogens is 1. The number of nitrogens with zero attached hydrogens (tertiary/aromatic N) is 1. The van der Waals surface area contributed by atoms with E-state index in [1.807, 2.05) is 19.1 Å². The maximum absolute atomic E-state index is 12.6. The van der Waals surface area contributed by atoms with Crippen molar-refractivity contribution in [1.82, 2.24) is 15.0 Å². The molecule has 0 radical (unpaired) electrons. The Morgan fingerprint density at radius 3 is 2.50 bits per heavy atom. The second kappa shape index (κ2) is 12.9. The molecule has 0 fully saturated rings. The second-order valence-electron chi connectivity index (χ2n) is 7.05. The highest BCUT2D eigenvalue weighted by Gasteiger charge is 2.17. The van der Waals surface area contributed by atoms with Crippen LogP contribution in [0.4, 0.5) is 0 Å². The summed E-state index contributed by atoms with van der Waals surface area (Å²) in [6.07, 6.45) is 6.64. The standard InChI is InChI=1S/C22H27N3O2S.2ClH/c1-18(16-23-13-6-5-9-19-7-3-2-4-8-19)25-28(26,27)22-11-10-21-17-24-14-12-20(21)15-22;;/h2-4,7-8,10-12,14-15,17-18,23,25H,5-6,9,13,16H2,1H3;2*1H. The first-order chi connectivity index (χ1) is 13.5. The van der Waals surface area contributed by atoms with Crippen LogP contribution in [-0.2, 0) is 16.4 Å². The van der Waals surface area contributed by atoms with E-state index in [-0.39, 0.29) is 35.8 Å². The maximum atomic E-state index is 12.6. The zero-order valence-electron chi connectivity index (χ0n) is 17.0. The van der Waals surface area contributed by atoms with Crippen molar-refractivity contribution in [2.75, 3.05) is 13.1 Å². The van der Waals surface area contributed by atoms with Crippen molar-refractivity contribution in [2.45, 2.75) is 37.1 Å². The normalized spacial score (nSPS) is 12.0. The summed E-state index contributed by atoms with van der Waals surface area (Å²) in [6, 6.07) is 17.2. The van der Waals surface area contributed by atoms with Crippen LogP contribution < -0.4 is 10.0 Å². The first-order valence-electron chi connectivity index (χ1n) is 9.65. The molecule has 3 rings (SSSR count). The van der Waals surface area contributed by atoms with Crippen LogP contribution >= 0.6 is 24.8 Å². The van der Waals surface area contributed by atoms with Gasteiger partial charge in [0.2, 0.25) is 10.0 Å². The van der Waals surface area contributed by atoms with Gasteiger partial charge in [0.15, 0.2) is 0 Å². The van der Waals surface area contributed by atoms with E-state index in [9.17, 15) is 8.42 Å². The lowest BCUT2D eigenvalue weighted by Crippen LogP contribution is -2.40. The summed E-state index contributed by atoms with van der Waals surface area (Å²) in [5.41, 5.74) is 1.36. The van der Waals surface area contributed by atoms with Crippen molar-refractivity contribution in [2.24, 2.45) is 0 Å². The number of pyridine rings is 1. The van der Waals surface area contributed by atoms with Gasteiger partial charge in [-0.1, -0.05) is 36.4 Å². The predicted molar refractivity (Wildman–Crippen MR) is 128 cm³/mol. The minimum Gasteiger partial charge on any atom is -0.315 e. The molecule has 164 valence electrons. The number of benzene rings is 2. The van der Waals surface area contributed by atoms with Crippen LogP contribution in [0.3, 0.4) is 0 Å². The smallest absolute Gasteiger partial charge is 0.240 e. The lowest BCUT2D eigenvalue weighted by atomic mass is 10.1. The molecule has 1 unspecified atom stereocenters. The molecule has 1 aromatic heterocycles. The van der Waals surface area contributed by atoms with Gasteiger partial charge in [0.25, 0.3) is 0 Å². The Hall–Kier alpha value is -1.70. The van der Waals surface area contributed by atoms with Crippen LogP contribution in [0.1, 0.15) is 25.3 Å². The molecule has 5 nitrogen and oxygen atoms in total. The molecule has 0 bridgehead atoms. The average Bonchev–Trinajstić information content (AvgIpc) is 2.70. The van der Waals surface area contributed by atoms with Crippen LogP contribution in [0, 0.1) is 0 Å². The van der Waals surface area contributed by atoms with Crippen LogP contribution in [0.5, 0.6) is 0 Å². The molecule has 2 N–H and O–H groups in total. The average molecular weight is 470 g/mol. The Morgan fingerprint density at radius 1 is 0.967 bits per heavy atom. The molecule has 0 aliphatic heterocycles. The van der Waals surface area contributed by atoms with Crippen LogP contribution in [0.25, 0.3) is 10.8 Å². The van der Waals surface area contributed by atoms with Crippen LogP contribution in [0.15, 0.2) is 71.9 Å². The minimum atomic E-state index is -3.54. The van der Waals surface area contributed by atoms with Crippen molar-refractivity contribution in [3.63, 3.8) is 0 Å². The summed E-state index contributed by atoms with van der Waals surface area (Å²) in [4.78, 5) is 4.33. The van der Waals surface area contributed by atoms with Gasteiger partial charge in [-0.15, -0.1) is 24.8 Å². The molecule has 0 amide bonds. The van der Waals surface area contributed by atoms with E-state index in [0.717, 1.165) is 36.6 Å². The molecule has 0 spiro atoms. The number of rotatable bonds is 10. The number of halogens is 2. The molecule has 0 aliphatic carbocycles. The summed E-state index contributed by atoms with van der Waals surface area (Å²) in [7, 11) is -3.54. The molecule has 3 aromatic rings. The first kappa shape index (κ1) is 26.3. The van der Waals surface area contributed by atoms with E-state index in [1.54, 1.807) is 30.6 Å². The third kappa shape index (κ3) is 7.85. The van der Waals surface area contributed by atoms with E-state index in [0.29, 0.717) is 6.54 Å². The maximum Gasteiger partial charge on any atom is 0.240 e. The minimum absolute atomic E-state index is 0. The monoisotopic (exact) mass is 469 g/mol. The highest BCUT2D eigenvalue weighted by molar-refractivity contribution is 7.89. The fourth-order valence-electron chi connectivity index (χ4n) is 3.15. The van der Waals surface area contributed by atoms with E-state index >= 15 is 0 Å². The number of hydrogen-bond acceptors (Lipinski definition) is 4. The Bertz CT molecular complexity index is 1000. The lowest BCUT2D eigenvalue weighted by molar-refractivity contribution is 0.528. The van der Waals surface area contributed by atoms with Crippen molar-refractivity contribution in [1.29, 1.82) is 0 Å². The Kier molecular flexibility index (Phi) is 11.3. The van der Waals surface area contributed by atoms with Crippen LogP contribution in [-0.4, -0.2) is 32.5 Å². The van der Waals surface area contributed by atoms with Gasteiger partial charge in [0, 0.05) is 30.4 Å². The quantitative estimate of drug-likeness (QED) is 0.432. The van der Waals surface area contributed by atoms with Crippen molar-refractivity contribution in [3.05, 3.63) is 72.6 Å². The van der Waals surface area contributed by atoms with Crippen molar-refractivity contribution < 1.29 is 8.42 Å². The fraction of sp³-hybridized carbons (Fsp3) is 0.318. The van der Waals surface area contributed by atoms with Gasteiger partial charge < -0.3 is 5.32 Å². The summed E-state index contributed by atoms with van der Waals surface area (Å²) >= 11 is 0. The number of aryl methyl sites for hydroxylation is 1. The van der Waals surface area contributed by atoms with E-state index in [1.165, 1.54) is 5.56 Å². The molecule has 2 aromatic carbocycles. The fourth-order valence-corrected chi connectivity index (χ4v) is 4.42. The van der Waals surface area contributed by atoms with E-state index in [2.05, 4.69) is 39.3 Å². The first-order valence-corrected chi connectivity index (χ1v) is 11.1. The van der Waals surface area contributed by atoms with E-state index < -0.39 is 10.0 Å². The number of hydrogen-bond donors (Lipinski definition) is 2. The van der Waals surface area contributed by atoms with Gasteiger partial charge in [-0.3, -0.25) is 4.98 Å². The van der Waals surface area contributed by atoms with Gasteiger partial charge in [-0.25, -0.2) is 13.1 Å². The largest absolute Gasteiger partial charge is 0.315 e. The summed E-state index contributed by atoms with van der Waals surface area (Å²) < 4.78 is 28.0.